The van der Waals surface area contributed by atoms with Crippen molar-refractivity contribution in [3.63, 3.8) is 0 Å². The normalized spacial score (nSPS) is 12.5. The topological polar surface area (TPSA) is 37.3 Å². The highest BCUT2D eigenvalue weighted by atomic mass is 35.5. The molecule has 76 valence electrons. The molecular formula is C10H10Cl2O2. The Morgan fingerprint density at radius 3 is 2.71 bits per heavy atom. The molecular weight excluding hydrogens is 223 g/mol. The van der Waals surface area contributed by atoms with E-state index >= 15 is 0 Å². The maximum Gasteiger partial charge on any atom is 0.306 e. The van der Waals surface area contributed by atoms with Crippen LogP contribution in [0.3, 0.4) is 0 Å². The molecule has 0 saturated carbocycles. The average Bonchev–Trinajstić information content (AvgIpc) is 2.12. The van der Waals surface area contributed by atoms with Crippen molar-refractivity contribution < 1.29 is 9.90 Å². The number of hydrogen-bond donors (Lipinski definition) is 1. The molecule has 1 aromatic rings. The van der Waals surface area contributed by atoms with E-state index in [9.17, 15) is 4.79 Å². The molecule has 0 aromatic heterocycles. The van der Waals surface area contributed by atoms with Gasteiger partial charge in [0, 0.05) is 0 Å². The van der Waals surface area contributed by atoms with Crippen LogP contribution in [-0.4, -0.2) is 11.1 Å². The molecule has 0 saturated heterocycles. The second-order valence-corrected chi connectivity index (χ2v) is 3.94. The molecule has 0 heterocycles. The van der Waals surface area contributed by atoms with E-state index in [1.807, 2.05) is 0 Å². The first-order valence-electron chi connectivity index (χ1n) is 4.18. The zero-order chi connectivity index (χ0) is 10.7. The molecule has 0 bridgehead atoms. The van der Waals surface area contributed by atoms with Crippen LogP contribution in [-0.2, 0) is 11.2 Å². The van der Waals surface area contributed by atoms with Crippen molar-refractivity contribution in [2.75, 3.05) is 0 Å². The van der Waals surface area contributed by atoms with Gasteiger partial charge in [0.05, 0.1) is 16.0 Å². The minimum Gasteiger partial charge on any atom is -0.481 e. The Balaban J connectivity index is 2.87. The lowest BCUT2D eigenvalue weighted by atomic mass is 10.0. The number of benzene rings is 1. The zero-order valence-corrected chi connectivity index (χ0v) is 9.14. The average molecular weight is 233 g/mol. The van der Waals surface area contributed by atoms with E-state index in [-0.39, 0.29) is 0 Å². The van der Waals surface area contributed by atoms with Gasteiger partial charge in [-0.1, -0.05) is 42.3 Å². The number of aliphatic carboxylic acids is 1. The van der Waals surface area contributed by atoms with Crippen LogP contribution in [0.25, 0.3) is 0 Å². The van der Waals surface area contributed by atoms with Crippen molar-refractivity contribution >= 4 is 29.2 Å². The summed E-state index contributed by atoms with van der Waals surface area (Å²) in [5.41, 5.74) is 0.772. The molecule has 0 radical (unpaired) electrons. The van der Waals surface area contributed by atoms with Gasteiger partial charge in [-0.3, -0.25) is 4.79 Å². The summed E-state index contributed by atoms with van der Waals surface area (Å²) in [6.07, 6.45) is 0.398. The molecule has 2 nitrogen and oxygen atoms in total. The molecule has 0 aliphatic carbocycles. The van der Waals surface area contributed by atoms with Gasteiger partial charge in [0.15, 0.2) is 0 Å². The number of halogens is 2. The van der Waals surface area contributed by atoms with Gasteiger partial charge in [-0.05, 0) is 18.1 Å². The van der Waals surface area contributed by atoms with Crippen LogP contribution in [0.1, 0.15) is 12.5 Å². The van der Waals surface area contributed by atoms with Gasteiger partial charge in [0.25, 0.3) is 0 Å². The minimum atomic E-state index is -0.832. The van der Waals surface area contributed by atoms with E-state index in [1.54, 1.807) is 25.1 Å². The second kappa shape index (κ2) is 4.67. The molecule has 0 aliphatic heterocycles. The Kier molecular flexibility index (Phi) is 3.78. The van der Waals surface area contributed by atoms with Crippen molar-refractivity contribution in [1.29, 1.82) is 0 Å². The fraction of sp³-hybridized carbons (Fsp3) is 0.300. The van der Waals surface area contributed by atoms with Crippen LogP contribution in [0.2, 0.25) is 10.0 Å². The van der Waals surface area contributed by atoms with Crippen LogP contribution in [0.15, 0.2) is 18.2 Å². The van der Waals surface area contributed by atoms with Gasteiger partial charge in [-0.2, -0.15) is 0 Å². The third kappa shape index (κ3) is 2.63. The summed E-state index contributed by atoms with van der Waals surface area (Å²) >= 11 is 11.7. The maximum absolute atomic E-state index is 10.6. The molecule has 4 heteroatoms. The summed E-state index contributed by atoms with van der Waals surface area (Å²) < 4.78 is 0. The molecule has 0 fully saturated rings. The van der Waals surface area contributed by atoms with Gasteiger partial charge in [0.2, 0.25) is 0 Å². The first kappa shape index (κ1) is 11.3. The fourth-order valence-electron chi connectivity index (χ4n) is 1.12. The standard InChI is InChI=1S/C10H10Cl2O2/c1-6(10(13)14)5-7-3-2-4-8(11)9(7)12/h2-4,6H,5H2,1H3,(H,13,14)/t6-/m1/s1. The SMILES string of the molecule is C[C@H](Cc1cccc(Cl)c1Cl)C(=O)O. The molecule has 1 N–H and O–H groups in total. The predicted octanol–water partition coefficient (Wildman–Crippen LogP) is 3.26. The van der Waals surface area contributed by atoms with Crippen LogP contribution in [0, 0.1) is 5.92 Å². The molecule has 1 aromatic carbocycles. The summed E-state index contributed by atoms with van der Waals surface area (Å²) in [4.78, 5) is 10.6. The third-order valence-corrected chi connectivity index (χ3v) is 2.84. The summed E-state index contributed by atoms with van der Waals surface area (Å²) in [5, 5.41) is 9.63. The Labute approximate surface area is 92.5 Å². The number of carbonyl (C=O) groups is 1. The van der Waals surface area contributed by atoms with Crippen molar-refractivity contribution in [3.05, 3.63) is 33.8 Å². The molecule has 0 aliphatic rings. The maximum atomic E-state index is 10.6. The molecule has 0 unspecified atom stereocenters. The monoisotopic (exact) mass is 232 g/mol. The van der Waals surface area contributed by atoms with E-state index in [0.29, 0.717) is 16.5 Å². The quantitative estimate of drug-likeness (QED) is 0.869. The smallest absolute Gasteiger partial charge is 0.306 e. The summed E-state index contributed by atoms with van der Waals surface area (Å²) in [6.45, 7) is 1.64. The van der Waals surface area contributed by atoms with E-state index in [0.717, 1.165) is 5.56 Å². The second-order valence-electron chi connectivity index (χ2n) is 3.16. The van der Waals surface area contributed by atoms with Crippen LogP contribution < -0.4 is 0 Å². The lowest BCUT2D eigenvalue weighted by Crippen LogP contribution is -2.12. The summed E-state index contributed by atoms with van der Waals surface area (Å²) in [5.74, 6) is -1.29. The Bertz CT molecular complexity index is 350. The van der Waals surface area contributed by atoms with E-state index in [4.69, 9.17) is 28.3 Å². The van der Waals surface area contributed by atoms with Crippen molar-refractivity contribution in [2.45, 2.75) is 13.3 Å². The molecule has 0 spiro atoms. The molecule has 1 atom stereocenters. The van der Waals surface area contributed by atoms with Gasteiger partial charge >= 0.3 is 5.97 Å². The third-order valence-electron chi connectivity index (χ3n) is 1.98. The van der Waals surface area contributed by atoms with Crippen LogP contribution >= 0.6 is 23.2 Å². The fourth-order valence-corrected chi connectivity index (χ4v) is 1.52. The first-order chi connectivity index (χ1) is 6.52. The molecule has 0 amide bonds. The Hall–Kier alpha value is -0.730. The van der Waals surface area contributed by atoms with Crippen molar-refractivity contribution in [3.8, 4) is 0 Å². The Morgan fingerprint density at radius 2 is 2.14 bits per heavy atom. The van der Waals surface area contributed by atoms with Crippen molar-refractivity contribution in [2.24, 2.45) is 5.92 Å². The number of carboxylic acid groups (broad SMARTS) is 1. The summed E-state index contributed by atoms with van der Waals surface area (Å²) in [6, 6.07) is 5.23. The van der Waals surface area contributed by atoms with E-state index in [1.165, 1.54) is 0 Å². The van der Waals surface area contributed by atoms with Crippen LogP contribution in [0.5, 0.6) is 0 Å². The summed E-state index contributed by atoms with van der Waals surface area (Å²) in [7, 11) is 0. The first-order valence-corrected chi connectivity index (χ1v) is 4.93. The number of carboxylic acids is 1. The minimum absolute atomic E-state index is 0.398. The number of hydrogen-bond acceptors (Lipinski definition) is 1. The lowest BCUT2D eigenvalue weighted by molar-refractivity contribution is -0.141. The van der Waals surface area contributed by atoms with Crippen molar-refractivity contribution in [1.82, 2.24) is 0 Å². The Morgan fingerprint density at radius 1 is 1.50 bits per heavy atom. The van der Waals surface area contributed by atoms with Gasteiger partial charge in [-0.15, -0.1) is 0 Å². The highest BCUT2D eigenvalue weighted by Gasteiger charge is 2.14. The van der Waals surface area contributed by atoms with Gasteiger partial charge < -0.3 is 5.11 Å². The highest BCUT2D eigenvalue weighted by Crippen LogP contribution is 2.27. The van der Waals surface area contributed by atoms with Gasteiger partial charge in [0.1, 0.15) is 0 Å². The zero-order valence-electron chi connectivity index (χ0n) is 7.63. The predicted molar refractivity (Wildman–Crippen MR) is 57.0 cm³/mol. The number of rotatable bonds is 3. The largest absolute Gasteiger partial charge is 0.481 e. The van der Waals surface area contributed by atoms with Gasteiger partial charge in [-0.25, -0.2) is 0 Å². The van der Waals surface area contributed by atoms with E-state index in [2.05, 4.69) is 0 Å². The molecule has 1 rings (SSSR count). The molecule has 14 heavy (non-hydrogen) atoms. The lowest BCUT2D eigenvalue weighted by Gasteiger charge is -2.08. The highest BCUT2D eigenvalue weighted by molar-refractivity contribution is 6.42. The van der Waals surface area contributed by atoms with E-state index < -0.39 is 11.9 Å². The van der Waals surface area contributed by atoms with Crippen LogP contribution in [0.4, 0.5) is 0 Å².